The average Bonchev–Trinajstić information content (AvgIpc) is 3.49. The van der Waals surface area contributed by atoms with Crippen LogP contribution in [0.3, 0.4) is 0 Å². The highest BCUT2D eigenvalue weighted by Crippen LogP contribution is 2.29. The zero-order valence-corrected chi connectivity index (χ0v) is 22.7. The predicted molar refractivity (Wildman–Crippen MR) is 145 cm³/mol. The number of carbonyl (C=O) groups is 3. The van der Waals surface area contributed by atoms with Gasteiger partial charge in [0.15, 0.2) is 5.78 Å². The summed E-state index contributed by atoms with van der Waals surface area (Å²) in [5.41, 5.74) is 2.61. The van der Waals surface area contributed by atoms with Crippen LogP contribution < -0.4 is 10.1 Å². The number of carbonyl (C=O) groups excluding carboxylic acids is 3. The highest BCUT2D eigenvalue weighted by Gasteiger charge is 2.40. The maximum Gasteiger partial charge on any atom is 0.316 e. The standard InChI is InChI=1S/C27H24BrFN6O4/c1-15(36)20-13-34(21-7-6-16(8-19(20)21)17-10-30-27(39-2)31-11-17)14-25(37)35-12-18(29)9-22(35)26(38)33-24-5-3-4-23(28)32-24/h3-8,10-11,13,18,22H,9,12,14H2,1-2H3,(H,32,33,38)/t18-,22+/m1/s1. The third-order valence-corrected chi connectivity index (χ3v) is 6.99. The van der Waals surface area contributed by atoms with Crippen LogP contribution in [0, 0.1) is 0 Å². The lowest BCUT2D eigenvalue weighted by molar-refractivity contribution is -0.137. The molecule has 0 spiro atoms. The van der Waals surface area contributed by atoms with Crippen molar-refractivity contribution in [3.63, 3.8) is 0 Å². The van der Waals surface area contributed by atoms with Gasteiger partial charge < -0.3 is 19.5 Å². The van der Waals surface area contributed by atoms with E-state index in [2.05, 4.69) is 36.2 Å². The summed E-state index contributed by atoms with van der Waals surface area (Å²) >= 11 is 3.25. The van der Waals surface area contributed by atoms with Crippen molar-refractivity contribution in [2.45, 2.75) is 32.1 Å². The van der Waals surface area contributed by atoms with E-state index < -0.39 is 24.0 Å². The molecule has 1 saturated heterocycles. The Labute approximate surface area is 231 Å². The molecule has 0 radical (unpaired) electrons. The Morgan fingerprint density at radius 1 is 1.15 bits per heavy atom. The normalized spacial score (nSPS) is 16.9. The number of aromatic nitrogens is 4. The summed E-state index contributed by atoms with van der Waals surface area (Å²) < 4.78 is 21.6. The summed E-state index contributed by atoms with van der Waals surface area (Å²) in [6, 6.07) is 9.77. The van der Waals surface area contributed by atoms with E-state index in [0.29, 0.717) is 26.9 Å². The van der Waals surface area contributed by atoms with E-state index in [-0.39, 0.29) is 31.3 Å². The maximum atomic E-state index is 14.4. The smallest absolute Gasteiger partial charge is 0.316 e. The molecule has 0 bridgehead atoms. The number of likely N-dealkylation sites (tertiary alicyclic amines) is 1. The van der Waals surface area contributed by atoms with Crippen molar-refractivity contribution in [1.29, 1.82) is 0 Å². The number of hydrogen-bond donors (Lipinski definition) is 1. The molecule has 1 aromatic carbocycles. The van der Waals surface area contributed by atoms with Crippen molar-refractivity contribution >= 4 is 50.2 Å². The fourth-order valence-electron chi connectivity index (χ4n) is 4.69. The molecule has 1 N–H and O–H groups in total. The summed E-state index contributed by atoms with van der Waals surface area (Å²) in [6.45, 7) is 1.10. The minimum Gasteiger partial charge on any atom is -0.467 e. The van der Waals surface area contributed by atoms with Gasteiger partial charge in [0, 0.05) is 47.0 Å². The van der Waals surface area contributed by atoms with Crippen LogP contribution in [0.5, 0.6) is 6.01 Å². The number of amides is 2. The van der Waals surface area contributed by atoms with E-state index in [1.54, 1.807) is 47.4 Å². The number of anilines is 1. The van der Waals surface area contributed by atoms with Gasteiger partial charge in [0.05, 0.1) is 13.7 Å². The SMILES string of the molecule is COc1ncc(-c2ccc3c(c2)c(C(C)=O)cn3CC(=O)N2C[C@H](F)C[C@H]2C(=O)Nc2cccc(Br)n2)cn1. The molecule has 0 aliphatic carbocycles. The molecule has 0 unspecified atom stereocenters. The Bertz CT molecular complexity index is 1570. The van der Waals surface area contributed by atoms with Crippen molar-refractivity contribution in [3.05, 3.63) is 65.2 Å². The first-order valence-electron chi connectivity index (χ1n) is 12.1. The minimum absolute atomic E-state index is 0.107. The zero-order valence-electron chi connectivity index (χ0n) is 21.1. The Kier molecular flexibility index (Phi) is 7.38. The number of fused-ring (bicyclic) bond motifs is 1. The van der Waals surface area contributed by atoms with Gasteiger partial charge in [0.1, 0.15) is 29.2 Å². The van der Waals surface area contributed by atoms with Gasteiger partial charge in [0.2, 0.25) is 11.8 Å². The number of hydrogen-bond acceptors (Lipinski definition) is 7. The van der Waals surface area contributed by atoms with Crippen LogP contribution in [0.4, 0.5) is 10.2 Å². The minimum atomic E-state index is -1.33. The van der Waals surface area contributed by atoms with Gasteiger partial charge in [-0.25, -0.2) is 19.3 Å². The molecule has 5 rings (SSSR count). The molecule has 39 heavy (non-hydrogen) atoms. The van der Waals surface area contributed by atoms with Gasteiger partial charge in [-0.3, -0.25) is 14.4 Å². The van der Waals surface area contributed by atoms with Crippen molar-refractivity contribution in [2.75, 3.05) is 19.0 Å². The summed E-state index contributed by atoms with van der Waals surface area (Å²) in [4.78, 5) is 52.5. The molecule has 1 aliphatic rings. The number of methoxy groups -OCH3 is 1. The molecule has 10 nitrogen and oxygen atoms in total. The number of rotatable bonds is 7. The Morgan fingerprint density at radius 3 is 2.62 bits per heavy atom. The van der Waals surface area contributed by atoms with Gasteiger partial charge in [-0.2, -0.15) is 0 Å². The summed E-state index contributed by atoms with van der Waals surface area (Å²) in [7, 11) is 1.48. The Morgan fingerprint density at radius 2 is 1.92 bits per heavy atom. The molecular weight excluding hydrogens is 571 g/mol. The number of nitrogens with one attached hydrogen (secondary N) is 1. The number of Topliss-reactive ketones (excluding diaryl/α,β-unsaturated/α-hetero) is 1. The predicted octanol–water partition coefficient (Wildman–Crippen LogP) is 4.04. The van der Waals surface area contributed by atoms with Crippen LogP contribution in [0.1, 0.15) is 23.7 Å². The van der Waals surface area contributed by atoms with Gasteiger partial charge in [-0.1, -0.05) is 12.1 Å². The third kappa shape index (κ3) is 5.51. The van der Waals surface area contributed by atoms with Crippen LogP contribution in [0.25, 0.3) is 22.0 Å². The number of halogens is 2. The summed E-state index contributed by atoms with van der Waals surface area (Å²) in [6.07, 6.45) is 3.42. The lowest BCUT2D eigenvalue weighted by Gasteiger charge is -2.24. The van der Waals surface area contributed by atoms with Gasteiger partial charge in [0.25, 0.3) is 0 Å². The van der Waals surface area contributed by atoms with Gasteiger partial charge in [-0.15, -0.1) is 0 Å². The number of alkyl halides is 1. The molecule has 2 atom stereocenters. The molecule has 0 saturated carbocycles. The molecule has 2 amide bonds. The lowest BCUT2D eigenvalue weighted by atomic mass is 10.0. The molecule has 12 heteroatoms. The fourth-order valence-corrected chi connectivity index (χ4v) is 5.04. The fraction of sp³-hybridized carbons (Fsp3) is 0.259. The largest absolute Gasteiger partial charge is 0.467 e. The number of nitrogens with zero attached hydrogens (tertiary/aromatic N) is 5. The summed E-state index contributed by atoms with van der Waals surface area (Å²) in [5.74, 6) is -0.817. The Hall–Kier alpha value is -4.19. The average molecular weight is 595 g/mol. The topological polar surface area (TPSA) is 119 Å². The second-order valence-corrected chi connectivity index (χ2v) is 9.96. The highest BCUT2D eigenvalue weighted by atomic mass is 79.9. The monoisotopic (exact) mass is 594 g/mol. The van der Waals surface area contributed by atoms with Crippen LogP contribution in [0.15, 0.2) is 59.6 Å². The quantitative estimate of drug-likeness (QED) is 0.253. The molecule has 1 aliphatic heterocycles. The van der Waals surface area contributed by atoms with Crippen molar-refractivity contribution < 1.29 is 23.5 Å². The van der Waals surface area contributed by atoms with Crippen molar-refractivity contribution in [1.82, 2.24) is 24.4 Å². The maximum absolute atomic E-state index is 14.4. The first kappa shape index (κ1) is 26.4. The van der Waals surface area contributed by atoms with Gasteiger partial charge in [-0.05, 0) is 52.7 Å². The van der Waals surface area contributed by atoms with Crippen molar-refractivity contribution in [2.24, 2.45) is 0 Å². The molecular formula is C27H24BrFN6O4. The first-order valence-corrected chi connectivity index (χ1v) is 12.9. The van der Waals surface area contributed by atoms with Crippen LogP contribution >= 0.6 is 15.9 Å². The lowest BCUT2D eigenvalue weighted by Crippen LogP contribution is -2.44. The third-order valence-electron chi connectivity index (χ3n) is 6.55. The Balaban J connectivity index is 1.40. The molecule has 3 aromatic heterocycles. The second-order valence-electron chi connectivity index (χ2n) is 9.15. The second kappa shape index (κ2) is 10.9. The van der Waals surface area contributed by atoms with Crippen LogP contribution in [-0.4, -0.2) is 67.9 Å². The van der Waals surface area contributed by atoms with Crippen LogP contribution in [-0.2, 0) is 16.1 Å². The summed E-state index contributed by atoms with van der Waals surface area (Å²) in [5, 5.41) is 3.32. The number of benzene rings is 1. The van der Waals surface area contributed by atoms with Crippen molar-refractivity contribution in [3.8, 4) is 17.1 Å². The number of pyridine rings is 1. The van der Waals surface area contributed by atoms with E-state index in [4.69, 9.17) is 4.74 Å². The van der Waals surface area contributed by atoms with E-state index in [1.807, 2.05) is 12.1 Å². The van der Waals surface area contributed by atoms with E-state index >= 15 is 0 Å². The van der Waals surface area contributed by atoms with E-state index in [1.165, 1.54) is 18.9 Å². The molecule has 4 aromatic rings. The number of ketones is 1. The number of ether oxygens (including phenoxy) is 1. The van der Waals surface area contributed by atoms with Crippen LogP contribution in [0.2, 0.25) is 0 Å². The first-order chi connectivity index (χ1) is 18.7. The van der Waals surface area contributed by atoms with Gasteiger partial charge >= 0.3 is 6.01 Å². The molecule has 1 fully saturated rings. The molecule has 4 heterocycles. The van der Waals surface area contributed by atoms with E-state index in [9.17, 15) is 18.8 Å². The van der Waals surface area contributed by atoms with E-state index in [0.717, 1.165) is 11.1 Å². The molecule has 200 valence electrons. The highest BCUT2D eigenvalue weighted by molar-refractivity contribution is 9.10. The zero-order chi connectivity index (χ0) is 27.7.